The van der Waals surface area contributed by atoms with Crippen LogP contribution in [0.4, 0.5) is 5.69 Å². The first-order valence-corrected chi connectivity index (χ1v) is 12.9. The van der Waals surface area contributed by atoms with Gasteiger partial charge in [0.2, 0.25) is 5.91 Å². The maximum Gasteiger partial charge on any atom is 0.237 e. The molecule has 0 aliphatic rings. The fourth-order valence-electron chi connectivity index (χ4n) is 3.66. The topological polar surface area (TPSA) is 65.8 Å². The summed E-state index contributed by atoms with van der Waals surface area (Å²) in [7, 11) is 0. The lowest BCUT2D eigenvalue weighted by Gasteiger charge is -2.16. The smallest absolute Gasteiger partial charge is 0.237 e. The Kier molecular flexibility index (Phi) is 8.01. The number of hydrogen-bond donors (Lipinski definition) is 1. The van der Waals surface area contributed by atoms with Gasteiger partial charge >= 0.3 is 0 Å². The number of nitrogens with zero attached hydrogens (tertiary/aromatic N) is 2. The van der Waals surface area contributed by atoms with Crippen LogP contribution in [-0.4, -0.2) is 16.1 Å². The van der Waals surface area contributed by atoms with Gasteiger partial charge in [0, 0.05) is 32.4 Å². The van der Waals surface area contributed by atoms with Crippen LogP contribution in [-0.2, 0) is 4.79 Å². The van der Waals surface area contributed by atoms with Crippen LogP contribution in [0.2, 0.25) is 10.0 Å². The van der Waals surface area contributed by atoms with E-state index in [0.717, 1.165) is 27.9 Å². The highest BCUT2D eigenvalue weighted by atomic mass is 35.5. The molecular formula is C29H23Cl2N3OS. The average molecular weight is 532 g/mol. The van der Waals surface area contributed by atoms with E-state index in [-0.39, 0.29) is 5.91 Å². The van der Waals surface area contributed by atoms with Crippen molar-refractivity contribution in [1.82, 2.24) is 4.98 Å². The molecule has 1 N–H and O–H groups in total. The number of aromatic nitrogens is 1. The monoisotopic (exact) mass is 531 g/mol. The van der Waals surface area contributed by atoms with E-state index in [1.54, 1.807) is 25.1 Å². The second-order valence-electron chi connectivity index (χ2n) is 8.38. The molecule has 7 heteroatoms. The third-order valence-electron chi connectivity index (χ3n) is 5.83. The van der Waals surface area contributed by atoms with Gasteiger partial charge in [-0.1, -0.05) is 71.4 Å². The Hall–Kier alpha value is -3.30. The summed E-state index contributed by atoms with van der Waals surface area (Å²) in [6, 6.07) is 24.6. The van der Waals surface area contributed by atoms with E-state index in [9.17, 15) is 10.1 Å². The Morgan fingerprint density at radius 1 is 0.972 bits per heavy atom. The van der Waals surface area contributed by atoms with Gasteiger partial charge in [0.25, 0.3) is 0 Å². The summed E-state index contributed by atoms with van der Waals surface area (Å²) in [5.41, 5.74) is 6.24. The summed E-state index contributed by atoms with van der Waals surface area (Å²) in [5.74, 6) is -0.176. The number of nitrogens with one attached hydrogen (secondary N) is 1. The molecule has 1 atom stereocenters. The number of carbonyl (C=O) groups is 1. The molecule has 4 aromatic rings. The maximum atomic E-state index is 13.0. The van der Waals surface area contributed by atoms with Crippen LogP contribution < -0.4 is 5.32 Å². The highest BCUT2D eigenvalue weighted by Crippen LogP contribution is 2.38. The number of anilines is 1. The molecule has 3 aromatic carbocycles. The van der Waals surface area contributed by atoms with Crippen molar-refractivity contribution in [2.45, 2.75) is 31.0 Å². The summed E-state index contributed by atoms with van der Waals surface area (Å²) < 4.78 is 0. The number of pyridine rings is 1. The first-order valence-electron chi connectivity index (χ1n) is 11.3. The Bertz CT molecular complexity index is 1480. The first-order chi connectivity index (χ1) is 17.3. The van der Waals surface area contributed by atoms with Crippen molar-refractivity contribution in [3.8, 4) is 28.5 Å². The number of halogens is 2. The number of aryl methyl sites for hydroxylation is 2. The second kappa shape index (κ2) is 11.2. The maximum absolute atomic E-state index is 13.0. The van der Waals surface area contributed by atoms with Crippen molar-refractivity contribution in [3.63, 3.8) is 0 Å². The SMILES string of the molecule is Cc1ccc(NC(=O)[C@H](C)Sc2nc(-c3ccc(Cl)cc3)cc(-c3ccccc3Cl)c2C#N)cc1C. The predicted octanol–water partition coefficient (Wildman–Crippen LogP) is 8.33. The highest BCUT2D eigenvalue weighted by molar-refractivity contribution is 8.00. The van der Waals surface area contributed by atoms with Gasteiger partial charge in [0.15, 0.2) is 0 Å². The van der Waals surface area contributed by atoms with E-state index in [1.165, 1.54) is 11.8 Å². The average Bonchev–Trinajstić information content (AvgIpc) is 2.86. The minimum atomic E-state index is -0.509. The van der Waals surface area contributed by atoms with Gasteiger partial charge in [-0.05, 0) is 68.3 Å². The predicted molar refractivity (Wildman–Crippen MR) is 150 cm³/mol. The molecule has 1 heterocycles. The molecule has 0 saturated carbocycles. The lowest BCUT2D eigenvalue weighted by atomic mass is 9.99. The zero-order valence-corrected chi connectivity index (χ0v) is 22.3. The van der Waals surface area contributed by atoms with Crippen LogP contribution in [0.25, 0.3) is 22.4 Å². The van der Waals surface area contributed by atoms with Crippen LogP contribution in [0.1, 0.15) is 23.6 Å². The summed E-state index contributed by atoms with van der Waals surface area (Å²) in [6.45, 7) is 5.83. The summed E-state index contributed by atoms with van der Waals surface area (Å²) in [4.78, 5) is 17.8. The van der Waals surface area contributed by atoms with Gasteiger partial charge in [0.05, 0.1) is 16.5 Å². The Labute approximate surface area is 225 Å². The van der Waals surface area contributed by atoms with Gasteiger partial charge in [-0.3, -0.25) is 4.79 Å². The number of benzene rings is 3. The van der Waals surface area contributed by atoms with Crippen LogP contribution in [0.3, 0.4) is 0 Å². The number of thioether (sulfide) groups is 1. The van der Waals surface area contributed by atoms with E-state index in [0.29, 0.717) is 31.9 Å². The molecule has 4 nitrogen and oxygen atoms in total. The van der Waals surface area contributed by atoms with Gasteiger partial charge in [-0.25, -0.2) is 4.98 Å². The molecule has 0 spiro atoms. The number of amides is 1. The van der Waals surface area contributed by atoms with Crippen LogP contribution in [0.5, 0.6) is 0 Å². The highest BCUT2D eigenvalue weighted by Gasteiger charge is 2.22. The van der Waals surface area contributed by atoms with Gasteiger partial charge < -0.3 is 5.32 Å². The normalized spacial score (nSPS) is 11.6. The zero-order chi connectivity index (χ0) is 25.8. The van der Waals surface area contributed by atoms with E-state index >= 15 is 0 Å². The molecule has 0 aliphatic carbocycles. The Morgan fingerprint density at radius 3 is 2.36 bits per heavy atom. The molecule has 36 heavy (non-hydrogen) atoms. The van der Waals surface area contributed by atoms with Crippen molar-refractivity contribution in [1.29, 1.82) is 5.26 Å². The first kappa shape index (κ1) is 25.8. The second-order valence-corrected chi connectivity index (χ2v) is 10.6. The van der Waals surface area contributed by atoms with Crippen molar-refractivity contribution in [2.24, 2.45) is 0 Å². The molecule has 0 fully saturated rings. The standard InChI is InChI=1S/C29H23Cl2N3OS/c1-17-8-13-22(14-18(17)2)33-28(35)19(3)36-29-25(16-32)24(23-6-4-5-7-26(23)31)15-27(34-29)20-9-11-21(30)12-10-20/h4-15,19H,1-3H3,(H,33,35)/t19-/m0/s1. The molecule has 0 bridgehead atoms. The number of nitriles is 1. The van der Waals surface area contributed by atoms with Crippen molar-refractivity contribution in [2.75, 3.05) is 5.32 Å². The number of carbonyl (C=O) groups excluding carboxylic acids is 1. The van der Waals surface area contributed by atoms with Gasteiger partial charge in [-0.2, -0.15) is 5.26 Å². The number of rotatable bonds is 6. The minimum Gasteiger partial charge on any atom is -0.325 e. The molecule has 0 radical (unpaired) electrons. The largest absolute Gasteiger partial charge is 0.325 e. The summed E-state index contributed by atoms with van der Waals surface area (Å²) >= 11 is 13.8. The third-order valence-corrected chi connectivity index (χ3v) is 7.50. The summed E-state index contributed by atoms with van der Waals surface area (Å²) in [6.07, 6.45) is 0. The van der Waals surface area contributed by atoms with Crippen LogP contribution >= 0.6 is 35.0 Å². The lowest BCUT2D eigenvalue weighted by molar-refractivity contribution is -0.115. The molecular weight excluding hydrogens is 509 g/mol. The molecule has 1 amide bonds. The number of hydrogen-bond acceptors (Lipinski definition) is 4. The molecule has 180 valence electrons. The van der Waals surface area contributed by atoms with E-state index in [1.807, 2.05) is 68.4 Å². The van der Waals surface area contributed by atoms with Crippen molar-refractivity contribution in [3.05, 3.63) is 99.5 Å². The van der Waals surface area contributed by atoms with Crippen molar-refractivity contribution >= 4 is 46.6 Å². The molecule has 4 rings (SSSR count). The van der Waals surface area contributed by atoms with Crippen LogP contribution in [0, 0.1) is 25.2 Å². The van der Waals surface area contributed by atoms with E-state index in [4.69, 9.17) is 28.2 Å². The lowest BCUT2D eigenvalue weighted by Crippen LogP contribution is -2.22. The fraction of sp³-hybridized carbons (Fsp3) is 0.138. The quantitative estimate of drug-likeness (QED) is 0.254. The van der Waals surface area contributed by atoms with Gasteiger partial charge in [-0.15, -0.1) is 0 Å². The molecule has 0 unspecified atom stereocenters. The Morgan fingerprint density at radius 2 is 1.69 bits per heavy atom. The van der Waals surface area contributed by atoms with Crippen molar-refractivity contribution < 1.29 is 4.79 Å². The Balaban J connectivity index is 1.74. The fourth-order valence-corrected chi connectivity index (χ4v) is 4.95. The van der Waals surface area contributed by atoms with Crippen LogP contribution in [0.15, 0.2) is 77.8 Å². The summed E-state index contributed by atoms with van der Waals surface area (Å²) in [5, 5.41) is 14.2. The third kappa shape index (κ3) is 5.74. The van der Waals surface area contributed by atoms with E-state index in [2.05, 4.69) is 11.4 Å². The minimum absolute atomic E-state index is 0.176. The zero-order valence-electron chi connectivity index (χ0n) is 20.0. The molecule has 0 saturated heterocycles. The van der Waals surface area contributed by atoms with Gasteiger partial charge in [0.1, 0.15) is 11.1 Å². The molecule has 0 aliphatic heterocycles. The molecule has 1 aromatic heterocycles. The van der Waals surface area contributed by atoms with E-state index < -0.39 is 5.25 Å².